The van der Waals surface area contributed by atoms with Crippen LogP contribution in [0.1, 0.15) is 35.6 Å². The zero-order valence-corrected chi connectivity index (χ0v) is 33.0. The Morgan fingerprint density at radius 2 is 1.75 bits per heavy atom. The maximum Gasteiger partial charge on any atom is 0.264 e. The van der Waals surface area contributed by atoms with Gasteiger partial charge in [0.1, 0.15) is 5.75 Å². The number of fused-ring (bicyclic) bond motifs is 4. The van der Waals surface area contributed by atoms with Crippen LogP contribution in [-0.2, 0) is 44.1 Å². The summed E-state index contributed by atoms with van der Waals surface area (Å²) in [6, 6.07) is 29.3. The van der Waals surface area contributed by atoms with Crippen LogP contribution in [0.3, 0.4) is 0 Å². The first-order valence-corrected chi connectivity index (χ1v) is 22.1. The average molecular weight is 757 g/mol. The summed E-state index contributed by atoms with van der Waals surface area (Å²) in [5.74, 6) is -0.0267. The Hall–Kier alpha value is -5.23. The topological polar surface area (TPSA) is 124 Å². The number of aromatic amines is 1. The molecule has 55 heavy (non-hydrogen) atoms. The van der Waals surface area contributed by atoms with E-state index in [1.807, 2.05) is 79.0 Å². The second-order valence-corrected chi connectivity index (χ2v) is 20.6. The molecular weight excluding hydrogens is 709 g/mol. The van der Waals surface area contributed by atoms with Gasteiger partial charge in [-0.15, -0.1) is 0 Å². The van der Waals surface area contributed by atoms with Crippen LogP contribution in [0.4, 0.5) is 11.4 Å². The van der Waals surface area contributed by atoms with Crippen LogP contribution in [-0.4, -0.2) is 73.7 Å². The van der Waals surface area contributed by atoms with Crippen molar-refractivity contribution in [3.05, 3.63) is 119 Å². The Morgan fingerprint density at radius 1 is 1.02 bits per heavy atom. The molecule has 8 rings (SSSR count). The Morgan fingerprint density at radius 3 is 2.49 bits per heavy atom. The lowest BCUT2D eigenvalue weighted by molar-refractivity contribution is -0.150. The van der Waals surface area contributed by atoms with Crippen molar-refractivity contribution in [2.45, 2.75) is 69.1 Å². The minimum absolute atomic E-state index is 0.0649. The quantitative estimate of drug-likeness (QED) is 0.161. The van der Waals surface area contributed by atoms with Gasteiger partial charge in [-0.2, -0.15) is 0 Å². The Bertz CT molecular complexity index is 2290. The zero-order chi connectivity index (χ0) is 38.6. The predicted octanol–water partition coefficient (Wildman–Crippen LogP) is 5.89. The van der Waals surface area contributed by atoms with E-state index in [0.29, 0.717) is 29.9 Å². The van der Waals surface area contributed by atoms with Crippen LogP contribution in [0.15, 0.2) is 97.2 Å². The number of carbonyl (C=O) groups is 3. The number of rotatable bonds is 9. The second kappa shape index (κ2) is 14.1. The minimum atomic E-state index is -2.52. The van der Waals surface area contributed by atoms with Gasteiger partial charge in [-0.1, -0.05) is 79.8 Å². The highest BCUT2D eigenvalue weighted by Gasteiger charge is 2.66. The lowest BCUT2D eigenvalue weighted by atomic mass is 9.82. The van der Waals surface area contributed by atoms with Gasteiger partial charge in [-0.25, -0.2) is 0 Å². The number of benzene rings is 4. The van der Waals surface area contributed by atoms with Crippen LogP contribution in [0.25, 0.3) is 10.9 Å². The predicted molar refractivity (Wildman–Crippen MR) is 216 cm³/mol. The Labute approximate surface area is 322 Å². The number of H-pyrrole nitrogens is 1. The molecule has 1 saturated heterocycles. The lowest BCUT2D eigenvalue weighted by Gasteiger charge is -2.39. The van der Waals surface area contributed by atoms with E-state index >= 15 is 0 Å². The highest BCUT2D eigenvalue weighted by atomic mass is 28.3. The van der Waals surface area contributed by atoms with Gasteiger partial charge < -0.3 is 34.7 Å². The third kappa shape index (κ3) is 6.14. The number of aliphatic hydroxyl groups excluding tert-OH is 1. The smallest absolute Gasteiger partial charge is 0.264 e. The van der Waals surface area contributed by atoms with Crippen molar-refractivity contribution in [1.82, 2.24) is 9.88 Å². The molecule has 5 aromatic rings. The summed E-state index contributed by atoms with van der Waals surface area (Å²) < 4.78 is 12.7. The largest absolute Gasteiger partial charge is 0.497 e. The van der Waals surface area contributed by atoms with Gasteiger partial charge in [0, 0.05) is 47.9 Å². The highest BCUT2D eigenvalue weighted by Crippen LogP contribution is 2.60. The van der Waals surface area contributed by atoms with Crippen molar-refractivity contribution in [2.24, 2.45) is 5.92 Å². The standard InChI is InChI=1S/C44H48N4O6Si/c1-27-42(55(4,5)34-17-15-33(53-3)16-18-34)39(23-41(51)48-25-29-11-7-6-10-28(29)20-32(48)26-49)54-44(27)36-22-31(14-19-38(36)47(2)43(44)52)46-40(50)21-30-24-45-37-13-9-8-12-35(30)37/h6-19,22,24,27,32,39,42,45,49H,20-21,23,25-26H2,1-5H3,(H,46,50)/t27-,32+,39+,42-,44+/m1/s1. The normalized spacial score (nSPS) is 23.3. The number of ether oxygens (including phenoxy) is 2. The number of methoxy groups -OCH3 is 1. The Kier molecular flexibility index (Phi) is 9.43. The summed E-state index contributed by atoms with van der Waals surface area (Å²) in [6.07, 6.45) is 2.10. The van der Waals surface area contributed by atoms with Gasteiger partial charge in [0.15, 0.2) is 5.60 Å². The van der Waals surface area contributed by atoms with Crippen LogP contribution in [0.5, 0.6) is 5.75 Å². The van der Waals surface area contributed by atoms with E-state index in [9.17, 15) is 19.5 Å². The van der Waals surface area contributed by atoms with Crippen molar-refractivity contribution >= 4 is 53.3 Å². The molecule has 0 unspecified atom stereocenters. The molecule has 4 heterocycles. The van der Waals surface area contributed by atoms with Crippen molar-refractivity contribution in [1.29, 1.82) is 0 Å². The molecule has 284 valence electrons. The number of aromatic nitrogens is 1. The average Bonchev–Trinajstić information content (AvgIpc) is 3.80. The van der Waals surface area contributed by atoms with Crippen molar-refractivity contribution in [3.8, 4) is 5.75 Å². The van der Waals surface area contributed by atoms with Gasteiger partial charge in [0.2, 0.25) is 11.8 Å². The van der Waals surface area contributed by atoms with E-state index in [2.05, 4.69) is 48.5 Å². The van der Waals surface area contributed by atoms with E-state index in [1.165, 1.54) is 5.19 Å². The molecule has 3 N–H and O–H groups in total. The number of nitrogens with zero attached hydrogens (tertiary/aromatic N) is 2. The second-order valence-electron chi connectivity index (χ2n) is 15.9. The first-order chi connectivity index (χ1) is 26.5. The van der Waals surface area contributed by atoms with Gasteiger partial charge in [-0.3, -0.25) is 14.4 Å². The molecule has 4 aromatic carbocycles. The summed E-state index contributed by atoms with van der Waals surface area (Å²) in [7, 11) is 0.891. The number of nitrogens with one attached hydrogen (secondary N) is 2. The molecule has 0 radical (unpaired) electrons. The molecule has 3 amide bonds. The van der Waals surface area contributed by atoms with Crippen molar-refractivity contribution in [3.63, 3.8) is 0 Å². The third-order valence-electron chi connectivity index (χ3n) is 12.5. The number of hydrogen-bond donors (Lipinski definition) is 3. The monoisotopic (exact) mass is 756 g/mol. The number of amides is 3. The number of carbonyl (C=O) groups excluding carboxylic acids is 3. The maximum atomic E-state index is 14.7. The molecule has 1 spiro atoms. The highest BCUT2D eigenvalue weighted by molar-refractivity contribution is 6.91. The molecule has 1 aromatic heterocycles. The lowest BCUT2D eigenvalue weighted by Crippen LogP contribution is -2.52. The summed E-state index contributed by atoms with van der Waals surface area (Å²) in [5, 5.41) is 15.7. The van der Waals surface area contributed by atoms with E-state index < -0.39 is 19.8 Å². The van der Waals surface area contributed by atoms with Crippen molar-refractivity contribution < 1.29 is 29.0 Å². The van der Waals surface area contributed by atoms with Gasteiger partial charge in [0.05, 0.1) is 52.5 Å². The summed E-state index contributed by atoms with van der Waals surface area (Å²) in [5.41, 5.74) is 4.53. The minimum Gasteiger partial charge on any atom is -0.497 e. The van der Waals surface area contributed by atoms with Crippen LogP contribution in [0, 0.1) is 5.92 Å². The van der Waals surface area contributed by atoms with Gasteiger partial charge >= 0.3 is 0 Å². The molecular formula is C44H48N4O6Si. The van der Waals surface area contributed by atoms with Crippen molar-refractivity contribution in [2.75, 3.05) is 31.0 Å². The number of aliphatic hydroxyl groups is 1. The Balaban J connectivity index is 1.15. The summed E-state index contributed by atoms with van der Waals surface area (Å²) in [6.45, 7) is 6.92. The molecule has 5 atom stereocenters. The fourth-order valence-corrected chi connectivity index (χ4v) is 13.7. The number of para-hydroxylation sites is 1. The first-order valence-electron chi connectivity index (χ1n) is 19.0. The molecule has 3 aliphatic rings. The molecule has 11 heteroatoms. The number of anilines is 2. The van der Waals surface area contributed by atoms with E-state index in [1.54, 1.807) is 24.0 Å². The van der Waals surface area contributed by atoms with Crippen LogP contribution < -0.4 is 20.1 Å². The molecule has 0 aliphatic carbocycles. The fraction of sp³-hybridized carbons (Fsp3) is 0.341. The molecule has 3 aliphatic heterocycles. The van der Waals surface area contributed by atoms with Gasteiger partial charge in [0.25, 0.3) is 5.91 Å². The number of likely N-dealkylation sites (N-methyl/N-ethyl adjacent to an activating group) is 1. The summed E-state index contributed by atoms with van der Waals surface area (Å²) >= 11 is 0. The maximum absolute atomic E-state index is 14.7. The SMILES string of the molecule is COc1ccc([Si](C)(C)[C@H]2[C@H](CC(=O)N3Cc4ccccc4C[C@H]3CO)O[C@@]3(C(=O)N(C)c4ccc(NC(=O)Cc5c[nH]c6ccccc56)cc43)[C@@H]2C)cc1. The molecule has 10 nitrogen and oxygen atoms in total. The molecule has 0 bridgehead atoms. The zero-order valence-electron chi connectivity index (χ0n) is 32.0. The van der Waals surface area contributed by atoms with E-state index in [4.69, 9.17) is 9.47 Å². The first kappa shape index (κ1) is 36.7. The van der Waals surface area contributed by atoms with Crippen LogP contribution >= 0.6 is 0 Å². The summed E-state index contributed by atoms with van der Waals surface area (Å²) in [4.78, 5) is 49.4. The molecule has 0 saturated carbocycles. The number of hydrogen-bond acceptors (Lipinski definition) is 6. The van der Waals surface area contributed by atoms with E-state index in [0.717, 1.165) is 33.3 Å². The third-order valence-corrected chi connectivity index (χ3v) is 16.9. The molecule has 1 fully saturated rings. The van der Waals surface area contributed by atoms with E-state index in [-0.39, 0.29) is 54.7 Å². The van der Waals surface area contributed by atoms with Gasteiger partial charge in [-0.05, 0) is 65.1 Å². The fourth-order valence-electron chi connectivity index (χ4n) is 9.68. The van der Waals surface area contributed by atoms with Crippen LogP contribution in [0.2, 0.25) is 18.6 Å².